The van der Waals surface area contributed by atoms with Crippen molar-refractivity contribution < 1.29 is 18.3 Å². The van der Waals surface area contributed by atoms with Crippen molar-refractivity contribution in [3.05, 3.63) is 24.5 Å². The van der Waals surface area contributed by atoms with Gasteiger partial charge < -0.3 is 5.11 Å². The third-order valence-electron chi connectivity index (χ3n) is 2.43. The molecule has 0 spiro atoms. The smallest absolute Gasteiger partial charge is 0.307 e. The van der Waals surface area contributed by atoms with Crippen LogP contribution in [0, 0.1) is 5.92 Å². The molecular formula is C10H14N2O4S. The van der Waals surface area contributed by atoms with Crippen LogP contribution < -0.4 is 4.72 Å². The summed E-state index contributed by atoms with van der Waals surface area (Å²) in [5.41, 5.74) is 0. The quantitative estimate of drug-likeness (QED) is 0.800. The maximum absolute atomic E-state index is 11.8. The molecule has 7 heteroatoms. The molecule has 2 unspecified atom stereocenters. The molecule has 94 valence electrons. The van der Waals surface area contributed by atoms with Crippen molar-refractivity contribution in [2.45, 2.75) is 24.8 Å². The number of hydrogen-bond donors (Lipinski definition) is 2. The summed E-state index contributed by atoms with van der Waals surface area (Å²) in [4.78, 5) is 14.4. The lowest BCUT2D eigenvalue weighted by molar-refractivity contribution is -0.141. The molecule has 0 saturated heterocycles. The molecule has 0 aliphatic heterocycles. The number of carboxylic acids is 1. The SMILES string of the molecule is CC(NS(=O)(=O)c1cccnc1)C(C)C(=O)O. The molecule has 1 heterocycles. The topological polar surface area (TPSA) is 96.4 Å². The van der Waals surface area contributed by atoms with Gasteiger partial charge in [-0.1, -0.05) is 6.92 Å². The summed E-state index contributed by atoms with van der Waals surface area (Å²) in [7, 11) is -3.71. The number of aliphatic carboxylic acids is 1. The minimum atomic E-state index is -3.71. The van der Waals surface area contributed by atoms with Gasteiger partial charge in [-0.15, -0.1) is 0 Å². The Kier molecular flexibility index (Phi) is 4.19. The highest BCUT2D eigenvalue weighted by Gasteiger charge is 2.25. The summed E-state index contributed by atoms with van der Waals surface area (Å²) < 4.78 is 26.0. The number of nitrogens with zero attached hydrogens (tertiary/aromatic N) is 1. The first-order chi connectivity index (χ1) is 7.84. The van der Waals surface area contributed by atoms with Crippen LogP contribution in [0.5, 0.6) is 0 Å². The zero-order valence-electron chi connectivity index (χ0n) is 9.49. The van der Waals surface area contributed by atoms with Crippen molar-refractivity contribution in [3.63, 3.8) is 0 Å². The normalized spacial score (nSPS) is 15.2. The van der Waals surface area contributed by atoms with Crippen LogP contribution >= 0.6 is 0 Å². The largest absolute Gasteiger partial charge is 0.481 e. The van der Waals surface area contributed by atoms with Gasteiger partial charge in [-0.25, -0.2) is 13.1 Å². The molecular weight excluding hydrogens is 244 g/mol. The van der Waals surface area contributed by atoms with Gasteiger partial charge in [0.1, 0.15) is 4.90 Å². The van der Waals surface area contributed by atoms with Crippen molar-refractivity contribution in [1.29, 1.82) is 0 Å². The Labute approximate surface area is 99.7 Å². The van der Waals surface area contributed by atoms with Gasteiger partial charge in [0.2, 0.25) is 10.0 Å². The van der Waals surface area contributed by atoms with Gasteiger partial charge >= 0.3 is 5.97 Å². The highest BCUT2D eigenvalue weighted by atomic mass is 32.2. The first-order valence-electron chi connectivity index (χ1n) is 5.00. The number of pyridine rings is 1. The first-order valence-corrected chi connectivity index (χ1v) is 6.48. The van der Waals surface area contributed by atoms with Gasteiger partial charge in [0.15, 0.2) is 0 Å². The number of rotatable bonds is 5. The molecule has 0 bridgehead atoms. The van der Waals surface area contributed by atoms with Gasteiger partial charge in [0.05, 0.1) is 5.92 Å². The van der Waals surface area contributed by atoms with E-state index in [0.717, 1.165) is 0 Å². The Hall–Kier alpha value is -1.47. The molecule has 0 aliphatic carbocycles. The number of nitrogens with one attached hydrogen (secondary N) is 1. The summed E-state index contributed by atoms with van der Waals surface area (Å²) >= 11 is 0. The average Bonchev–Trinajstić information content (AvgIpc) is 2.28. The van der Waals surface area contributed by atoms with E-state index in [9.17, 15) is 13.2 Å². The van der Waals surface area contributed by atoms with Crippen molar-refractivity contribution in [2.24, 2.45) is 5.92 Å². The Morgan fingerprint density at radius 1 is 1.47 bits per heavy atom. The third kappa shape index (κ3) is 3.50. The van der Waals surface area contributed by atoms with E-state index in [4.69, 9.17) is 5.11 Å². The molecule has 1 aromatic heterocycles. The van der Waals surface area contributed by atoms with Gasteiger partial charge in [0.25, 0.3) is 0 Å². The molecule has 0 aromatic carbocycles. The lowest BCUT2D eigenvalue weighted by Crippen LogP contribution is -2.39. The molecule has 1 aromatic rings. The number of sulfonamides is 1. The van der Waals surface area contributed by atoms with E-state index in [1.807, 2.05) is 0 Å². The molecule has 0 aliphatic rings. The van der Waals surface area contributed by atoms with E-state index in [0.29, 0.717) is 0 Å². The lowest BCUT2D eigenvalue weighted by Gasteiger charge is -2.17. The zero-order valence-corrected chi connectivity index (χ0v) is 10.3. The van der Waals surface area contributed by atoms with E-state index in [1.54, 1.807) is 0 Å². The van der Waals surface area contributed by atoms with Crippen LogP contribution in [0.4, 0.5) is 0 Å². The molecule has 0 saturated carbocycles. The second kappa shape index (κ2) is 5.24. The lowest BCUT2D eigenvalue weighted by atomic mass is 10.1. The standard InChI is InChI=1S/C10H14N2O4S/c1-7(10(13)14)8(2)12-17(15,16)9-4-3-5-11-6-9/h3-8,12H,1-2H3,(H,13,14). The van der Waals surface area contributed by atoms with Crippen molar-refractivity contribution in [2.75, 3.05) is 0 Å². The summed E-state index contributed by atoms with van der Waals surface area (Å²) in [6.07, 6.45) is 2.67. The van der Waals surface area contributed by atoms with Crippen LogP contribution in [0.3, 0.4) is 0 Å². The monoisotopic (exact) mass is 258 g/mol. The predicted molar refractivity (Wildman–Crippen MR) is 60.8 cm³/mol. The van der Waals surface area contributed by atoms with E-state index in [2.05, 4.69) is 9.71 Å². The first kappa shape index (κ1) is 13.6. The van der Waals surface area contributed by atoms with Gasteiger partial charge in [-0.3, -0.25) is 9.78 Å². The van der Waals surface area contributed by atoms with Crippen molar-refractivity contribution >= 4 is 16.0 Å². The van der Waals surface area contributed by atoms with Crippen LogP contribution in [0.15, 0.2) is 29.4 Å². The van der Waals surface area contributed by atoms with Gasteiger partial charge in [-0.2, -0.15) is 0 Å². The van der Waals surface area contributed by atoms with Crippen LogP contribution in [0.25, 0.3) is 0 Å². The molecule has 2 atom stereocenters. The molecule has 2 N–H and O–H groups in total. The number of carboxylic acid groups (broad SMARTS) is 1. The summed E-state index contributed by atoms with van der Waals surface area (Å²) in [6.45, 7) is 2.95. The highest BCUT2D eigenvalue weighted by Crippen LogP contribution is 2.10. The van der Waals surface area contributed by atoms with Gasteiger partial charge in [-0.05, 0) is 19.1 Å². The number of carbonyl (C=O) groups is 1. The Morgan fingerprint density at radius 3 is 2.59 bits per heavy atom. The van der Waals surface area contributed by atoms with Gasteiger partial charge in [0, 0.05) is 18.4 Å². The van der Waals surface area contributed by atoms with Crippen molar-refractivity contribution in [3.8, 4) is 0 Å². The second-order valence-corrected chi connectivity index (χ2v) is 5.44. The van der Waals surface area contributed by atoms with E-state index < -0.39 is 28.0 Å². The van der Waals surface area contributed by atoms with Crippen LogP contribution in [0.2, 0.25) is 0 Å². The molecule has 1 rings (SSSR count). The summed E-state index contributed by atoms with van der Waals surface area (Å²) in [6, 6.07) is 2.20. The minimum absolute atomic E-state index is 0.0180. The Morgan fingerprint density at radius 2 is 2.12 bits per heavy atom. The van der Waals surface area contributed by atoms with E-state index >= 15 is 0 Å². The minimum Gasteiger partial charge on any atom is -0.481 e. The molecule has 0 fully saturated rings. The Balaban J connectivity index is 2.85. The summed E-state index contributed by atoms with van der Waals surface area (Å²) in [5, 5.41) is 8.77. The molecule has 17 heavy (non-hydrogen) atoms. The number of hydrogen-bond acceptors (Lipinski definition) is 4. The fourth-order valence-corrected chi connectivity index (χ4v) is 2.42. The predicted octanol–water partition coefficient (Wildman–Crippen LogP) is 0.469. The number of aromatic nitrogens is 1. The van der Waals surface area contributed by atoms with Crippen molar-refractivity contribution in [1.82, 2.24) is 9.71 Å². The molecule has 0 radical (unpaired) electrons. The van der Waals surface area contributed by atoms with Crippen LogP contribution in [0.1, 0.15) is 13.8 Å². The fraction of sp³-hybridized carbons (Fsp3) is 0.400. The van der Waals surface area contributed by atoms with E-state index in [-0.39, 0.29) is 4.90 Å². The average molecular weight is 258 g/mol. The van der Waals surface area contributed by atoms with Crippen LogP contribution in [-0.2, 0) is 14.8 Å². The zero-order chi connectivity index (χ0) is 13.1. The van der Waals surface area contributed by atoms with Crippen LogP contribution in [-0.4, -0.2) is 30.5 Å². The maximum Gasteiger partial charge on any atom is 0.307 e. The highest BCUT2D eigenvalue weighted by molar-refractivity contribution is 7.89. The summed E-state index contributed by atoms with van der Waals surface area (Å²) in [5.74, 6) is -1.85. The second-order valence-electron chi connectivity index (χ2n) is 3.73. The molecule has 6 nitrogen and oxygen atoms in total. The maximum atomic E-state index is 11.8. The Bertz CT molecular complexity index is 486. The third-order valence-corrected chi connectivity index (χ3v) is 3.97. The van der Waals surface area contributed by atoms with E-state index in [1.165, 1.54) is 38.4 Å². The molecule has 0 amide bonds. The fourth-order valence-electron chi connectivity index (χ4n) is 1.13.